The molecule has 1 aliphatic rings. The third kappa shape index (κ3) is 3.01. The molecule has 1 aromatic carbocycles. The molecule has 6 nitrogen and oxygen atoms in total. The second kappa shape index (κ2) is 6.03. The van der Waals surface area contributed by atoms with Gasteiger partial charge in [0.15, 0.2) is 0 Å². The summed E-state index contributed by atoms with van der Waals surface area (Å²) in [4.78, 5) is 23.8. The van der Waals surface area contributed by atoms with Crippen LogP contribution < -0.4 is 20.9 Å². The van der Waals surface area contributed by atoms with Crippen LogP contribution in [0.15, 0.2) is 41.3 Å². The number of rotatable bonds is 2. The summed E-state index contributed by atoms with van der Waals surface area (Å²) in [6.07, 6.45) is 1.58. The van der Waals surface area contributed by atoms with Crippen LogP contribution in [0, 0.1) is 0 Å². The van der Waals surface area contributed by atoms with Gasteiger partial charge < -0.3 is 19.9 Å². The summed E-state index contributed by atoms with van der Waals surface area (Å²) in [6, 6.07) is 8.46. The lowest BCUT2D eigenvalue weighted by Crippen LogP contribution is -2.20. The van der Waals surface area contributed by atoms with E-state index >= 15 is 0 Å². The van der Waals surface area contributed by atoms with Crippen molar-refractivity contribution >= 4 is 11.6 Å². The highest BCUT2D eigenvalue weighted by Crippen LogP contribution is 2.24. The van der Waals surface area contributed by atoms with Crippen LogP contribution >= 0.6 is 0 Å². The Morgan fingerprint density at radius 2 is 2.18 bits per heavy atom. The average molecular weight is 299 g/mol. The number of fused-ring (bicyclic) bond motifs is 1. The molecular formula is C16H17N3O3. The number of benzene rings is 1. The highest BCUT2D eigenvalue weighted by molar-refractivity contribution is 6.04. The molecule has 2 N–H and O–H groups in total. The number of amides is 1. The van der Waals surface area contributed by atoms with Crippen molar-refractivity contribution in [3.63, 3.8) is 0 Å². The Labute approximate surface area is 127 Å². The Bertz CT molecular complexity index is 767. The van der Waals surface area contributed by atoms with Gasteiger partial charge in [-0.3, -0.25) is 9.59 Å². The molecule has 2 aromatic rings. The molecule has 3 rings (SSSR count). The number of hydrogen-bond donors (Lipinski definition) is 2. The van der Waals surface area contributed by atoms with E-state index in [1.54, 1.807) is 25.4 Å². The molecule has 0 saturated carbocycles. The molecule has 0 bridgehead atoms. The Balaban J connectivity index is 1.80. The zero-order valence-corrected chi connectivity index (χ0v) is 12.3. The van der Waals surface area contributed by atoms with E-state index in [1.165, 1.54) is 10.6 Å². The average Bonchev–Trinajstić information content (AvgIpc) is 2.74. The van der Waals surface area contributed by atoms with Gasteiger partial charge in [-0.1, -0.05) is 0 Å². The van der Waals surface area contributed by atoms with E-state index in [0.29, 0.717) is 24.4 Å². The van der Waals surface area contributed by atoms with Crippen LogP contribution in [0.5, 0.6) is 5.75 Å². The number of anilines is 1. The minimum atomic E-state index is -0.305. The van der Waals surface area contributed by atoms with Crippen molar-refractivity contribution in [3.8, 4) is 5.75 Å². The number of carbonyl (C=O) groups is 1. The lowest BCUT2D eigenvalue weighted by atomic mass is 10.1. The lowest BCUT2D eigenvalue weighted by molar-refractivity contribution is 0.102. The Hall–Kier alpha value is -2.60. The molecule has 1 aromatic heterocycles. The smallest absolute Gasteiger partial charge is 0.255 e. The number of aryl methyl sites for hydroxylation is 1. The number of nitrogens with one attached hydrogen (secondary N) is 2. The summed E-state index contributed by atoms with van der Waals surface area (Å²) < 4.78 is 7.02. The monoisotopic (exact) mass is 299 g/mol. The lowest BCUT2D eigenvalue weighted by Gasteiger charge is -2.10. The SMILES string of the molecule is Cn1ccc(C(=O)Nc2ccc3c(c2)CNCCO3)cc1=O. The molecule has 114 valence electrons. The van der Waals surface area contributed by atoms with E-state index < -0.39 is 0 Å². The van der Waals surface area contributed by atoms with Gasteiger partial charge in [-0.2, -0.15) is 0 Å². The molecule has 0 aliphatic carbocycles. The van der Waals surface area contributed by atoms with Gasteiger partial charge in [-0.05, 0) is 24.3 Å². The van der Waals surface area contributed by atoms with E-state index in [-0.39, 0.29) is 11.5 Å². The summed E-state index contributed by atoms with van der Waals surface area (Å²) in [7, 11) is 1.64. The van der Waals surface area contributed by atoms with Gasteiger partial charge in [0.2, 0.25) is 0 Å². The third-order valence-corrected chi connectivity index (χ3v) is 3.54. The molecule has 0 saturated heterocycles. The normalized spacial score (nSPS) is 13.7. The molecule has 1 aliphatic heterocycles. The second-order valence-electron chi connectivity index (χ2n) is 5.17. The topological polar surface area (TPSA) is 72.4 Å². The van der Waals surface area contributed by atoms with Crippen LogP contribution in [-0.2, 0) is 13.6 Å². The summed E-state index contributed by atoms with van der Waals surface area (Å²) >= 11 is 0. The highest BCUT2D eigenvalue weighted by atomic mass is 16.5. The maximum atomic E-state index is 12.2. The maximum absolute atomic E-state index is 12.2. The molecule has 0 fully saturated rings. The van der Waals surface area contributed by atoms with Crippen LogP contribution in [0.1, 0.15) is 15.9 Å². The van der Waals surface area contributed by atoms with Crippen molar-refractivity contribution in [3.05, 3.63) is 58.0 Å². The molecule has 0 atom stereocenters. The van der Waals surface area contributed by atoms with Crippen molar-refractivity contribution in [2.24, 2.45) is 7.05 Å². The molecule has 2 heterocycles. The zero-order chi connectivity index (χ0) is 15.5. The standard InChI is InChI=1S/C16H17N3O3/c1-19-6-4-11(9-15(19)20)16(21)18-13-2-3-14-12(8-13)10-17-5-7-22-14/h2-4,6,8-9,17H,5,7,10H2,1H3,(H,18,21). The van der Waals surface area contributed by atoms with E-state index in [2.05, 4.69) is 10.6 Å². The molecule has 1 amide bonds. The fourth-order valence-corrected chi connectivity index (χ4v) is 2.29. The van der Waals surface area contributed by atoms with Gasteiger partial charge in [-0.15, -0.1) is 0 Å². The molecular weight excluding hydrogens is 282 g/mol. The minimum Gasteiger partial charge on any atom is -0.492 e. The highest BCUT2D eigenvalue weighted by Gasteiger charge is 2.11. The number of carbonyl (C=O) groups excluding carboxylic acids is 1. The van der Waals surface area contributed by atoms with Crippen LogP contribution in [0.3, 0.4) is 0 Å². The van der Waals surface area contributed by atoms with E-state index in [4.69, 9.17) is 4.74 Å². The van der Waals surface area contributed by atoms with E-state index in [0.717, 1.165) is 17.9 Å². The van der Waals surface area contributed by atoms with Crippen molar-refractivity contribution in [2.75, 3.05) is 18.5 Å². The predicted octanol–water partition coefficient (Wildman–Crippen LogP) is 1.12. The summed E-state index contributed by atoms with van der Waals surface area (Å²) in [6.45, 7) is 2.13. The van der Waals surface area contributed by atoms with Crippen molar-refractivity contribution < 1.29 is 9.53 Å². The van der Waals surface area contributed by atoms with Crippen molar-refractivity contribution in [1.82, 2.24) is 9.88 Å². The number of hydrogen-bond acceptors (Lipinski definition) is 4. The second-order valence-corrected chi connectivity index (χ2v) is 5.17. The number of nitrogens with zero attached hydrogens (tertiary/aromatic N) is 1. The van der Waals surface area contributed by atoms with Crippen LogP contribution in [0.4, 0.5) is 5.69 Å². The van der Waals surface area contributed by atoms with Crippen LogP contribution in [-0.4, -0.2) is 23.6 Å². The zero-order valence-electron chi connectivity index (χ0n) is 12.3. The summed E-state index contributed by atoms with van der Waals surface area (Å²) in [5.41, 5.74) is 1.80. The molecule has 0 unspecified atom stereocenters. The first-order valence-electron chi connectivity index (χ1n) is 7.08. The van der Waals surface area contributed by atoms with Crippen molar-refractivity contribution in [1.29, 1.82) is 0 Å². The van der Waals surface area contributed by atoms with E-state index in [1.807, 2.05) is 12.1 Å². The Morgan fingerprint density at radius 1 is 1.32 bits per heavy atom. The Morgan fingerprint density at radius 3 is 3.00 bits per heavy atom. The van der Waals surface area contributed by atoms with Gasteiger partial charge in [0.25, 0.3) is 11.5 Å². The molecule has 0 radical (unpaired) electrons. The van der Waals surface area contributed by atoms with Gasteiger partial charge >= 0.3 is 0 Å². The fourth-order valence-electron chi connectivity index (χ4n) is 2.29. The largest absolute Gasteiger partial charge is 0.492 e. The van der Waals surface area contributed by atoms with Gasteiger partial charge in [0.1, 0.15) is 12.4 Å². The van der Waals surface area contributed by atoms with Gasteiger partial charge in [0.05, 0.1) is 0 Å². The van der Waals surface area contributed by atoms with Crippen molar-refractivity contribution in [2.45, 2.75) is 6.54 Å². The first kappa shape index (κ1) is 14.3. The molecule has 22 heavy (non-hydrogen) atoms. The fraction of sp³-hybridized carbons (Fsp3) is 0.250. The van der Waals surface area contributed by atoms with Gasteiger partial charge in [-0.25, -0.2) is 0 Å². The molecule has 0 spiro atoms. The first-order valence-corrected chi connectivity index (χ1v) is 7.08. The summed E-state index contributed by atoms with van der Waals surface area (Å²) in [5.74, 6) is 0.525. The van der Waals surface area contributed by atoms with E-state index in [9.17, 15) is 9.59 Å². The van der Waals surface area contributed by atoms with Crippen LogP contribution in [0.2, 0.25) is 0 Å². The Kier molecular flexibility index (Phi) is 3.93. The maximum Gasteiger partial charge on any atom is 0.255 e. The summed E-state index contributed by atoms with van der Waals surface area (Å²) in [5, 5.41) is 6.05. The van der Waals surface area contributed by atoms with Gasteiger partial charge in [0, 0.05) is 49.2 Å². The van der Waals surface area contributed by atoms with Crippen LogP contribution in [0.25, 0.3) is 0 Å². The number of aromatic nitrogens is 1. The number of pyridine rings is 1. The molecule has 6 heteroatoms. The predicted molar refractivity (Wildman–Crippen MR) is 83.3 cm³/mol. The quantitative estimate of drug-likeness (QED) is 0.871. The third-order valence-electron chi connectivity index (χ3n) is 3.54. The number of ether oxygens (including phenoxy) is 1. The minimum absolute atomic E-state index is 0.216. The first-order chi connectivity index (χ1) is 10.6.